The first-order chi connectivity index (χ1) is 13.5. The van der Waals surface area contributed by atoms with Crippen LogP contribution in [-0.2, 0) is 14.3 Å². The Morgan fingerprint density at radius 1 is 1.14 bits per heavy atom. The molecule has 0 aromatic rings. The van der Waals surface area contributed by atoms with Crippen molar-refractivity contribution in [3.8, 4) is 0 Å². The molecule has 0 spiro atoms. The molecule has 0 aromatic carbocycles. The van der Waals surface area contributed by atoms with Crippen molar-refractivity contribution in [1.82, 2.24) is 9.80 Å². The van der Waals surface area contributed by atoms with E-state index in [4.69, 9.17) is 4.74 Å². The van der Waals surface area contributed by atoms with Gasteiger partial charge in [-0.15, -0.1) is 0 Å². The van der Waals surface area contributed by atoms with Crippen LogP contribution in [-0.4, -0.2) is 52.9 Å². The second kappa shape index (κ2) is 10.8. The van der Waals surface area contributed by atoms with Gasteiger partial charge in [0.25, 0.3) is 11.8 Å². The lowest BCUT2D eigenvalue weighted by Gasteiger charge is -2.28. The largest absolute Gasteiger partial charge is 0.444 e. The molecule has 1 aliphatic rings. The quantitative estimate of drug-likeness (QED) is 0.423. The van der Waals surface area contributed by atoms with E-state index in [1.165, 1.54) is 4.90 Å². The van der Waals surface area contributed by atoms with Crippen molar-refractivity contribution in [3.63, 3.8) is 0 Å². The molecule has 0 N–H and O–H groups in total. The van der Waals surface area contributed by atoms with Gasteiger partial charge in [-0.25, -0.2) is 4.79 Å². The van der Waals surface area contributed by atoms with Gasteiger partial charge < -0.3 is 9.64 Å². The van der Waals surface area contributed by atoms with Crippen LogP contribution in [0.3, 0.4) is 0 Å². The van der Waals surface area contributed by atoms with Gasteiger partial charge in [-0.1, -0.05) is 36.5 Å². The number of imide groups is 1. The van der Waals surface area contributed by atoms with Crippen LogP contribution in [0.25, 0.3) is 0 Å². The molecule has 0 aliphatic carbocycles. The highest BCUT2D eigenvalue weighted by Gasteiger charge is 2.34. The fraction of sp³-hybridized carbons (Fsp3) is 0.522. The minimum Gasteiger partial charge on any atom is -0.444 e. The summed E-state index contributed by atoms with van der Waals surface area (Å²) in [5, 5.41) is 0. The summed E-state index contributed by atoms with van der Waals surface area (Å²) in [5.41, 5.74) is 1.21. The first kappa shape index (κ1) is 24.4. The van der Waals surface area contributed by atoms with E-state index in [0.29, 0.717) is 37.1 Å². The summed E-state index contributed by atoms with van der Waals surface area (Å²) < 4.78 is 5.50. The van der Waals surface area contributed by atoms with E-state index in [2.05, 4.69) is 6.58 Å². The number of allylic oxidation sites excluding steroid dienone is 3. The molecule has 0 unspecified atom stereocenters. The van der Waals surface area contributed by atoms with Crippen molar-refractivity contribution in [2.75, 3.05) is 19.6 Å². The third-order valence-electron chi connectivity index (χ3n) is 4.35. The van der Waals surface area contributed by atoms with Gasteiger partial charge in [0.2, 0.25) is 0 Å². The summed E-state index contributed by atoms with van der Waals surface area (Å²) in [4.78, 5) is 40.3. The van der Waals surface area contributed by atoms with Gasteiger partial charge in [-0.05, 0) is 54.4 Å². The molecule has 1 rings (SSSR count). The van der Waals surface area contributed by atoms with E-state index in [1.54, 1.807) is 30.9 Å². The highest BCUT2D eigenvalue weighted by molar-refractivity contribution is 6.20. The summed E-state index contributed by atoms with van der Waals surface area (Å²) >= 11 is 0. The van der Waals surface area contributed by atoms with Crippen LogP contribution in [0.1, 0.15) is 54.4 Å². The average Bonchev–Trinajstić information content (AvgIpc) is 2.81. The molecule has 160 valence electrons. The van der Waals surface area contributed by atoms with Crippen molar-refractivity contribution < 1.29 is 19.1 Å². The lowest BCUT2D eigenvalue weighted by molar-refractivity contribution is -0.137. The van der Waals surface area contributed by atoms with E-state index in [-0.39, 0.29) is 18.4 Å². The lowest BCUT2D eigenvalue weighted by atomic mass is 10.1. The Bertz CT molecular complexity index is 738. The predicted octanol–water partition coefficient (Wildman–Crippen LogP) is 4.40. The van der Waals surface area contributed by atoms with Crippen LogP contribution in [0.15, 0.2) is 47.6 Å². The van der Waals surface area contributed by atoms with Gasteiger partial charge in [0, 0.05) is 30.8 Å². The molecule has 1 heterocycles. The van der Waals surface area contributed by atoms with Crippen LogP contribution < -0.4 is 0 Å². The zero-order valence-corrected chi connectivity index (χ0v) is 18.6. The fourth-order valence-corrected chi connectivity index (χ4v) is 2.92. The molecule has 3 amide bonds. The topological polar surface area (TPSA) is 66.9 Å². The number of carbonyl (C=O) groups excluding carboxylic acids is 3. The molecular formula is C23H34N2O4. The Balaban J connectivity index is 2.74. The Labute approximate surface area is 174 Å². The molecular weight excluding hydrogens is 368 g/mol. The molecule has 0 aromatic heterocycles. The summed E-state index contributed by atoms with van der Waals surface area (Å²) in [6.07, 6.45) is 7.91. The summed E-state index contributed by atoms with van der Waals surface area (Å²) in [6, 6.07) is 0. The van der Waals surface area contributed by atoms with Crippen LogP contribution in [0.2, 0.25) is 0 Å². The Morgan fingerprint density at radius 3 is 2.34 bits per heavy atom. The van der Waals surface area contributed by atoms with Crippen molar-refractivity contribution in [1.29, 1.82) is 0 Å². The third-order valence-corrected chi connectivity index (χ3v) is 4.35. The monoisotopic (exact) mass is 402 g/mol. The standard InChI is InChI=1S/C23H34N2O4/c1-8-11-17(3)13-16-24(22(28)29-23(5,6)7)14-10-15-25-20(26)18(4)19(12-9-2)21(25)27/h8-9,11-12H,3,10,13-16H2,1-2,4-7H3/b11-8-,12-9-. The van der Waals surface area contributed by atoms with E-state index in [0.717, 1.165) is 5.57 Å². The van der Waals surface area contributed by atoms with Crippen molar-refractivity contribution in [2.45, 2.75) is 60.0 Å². The molecule has 6 nitrogen and oxygen atoms in total. The molecule has 0 saturated heterocycles. The Hall–Kier alpha value is -2.63. The van der Waals surface area contributed by atoms with Crippen molar-refractivity contribution in [2.24, 2.45) is 0 Å². The Kier molecular flexibility index (Phi) is 9.08. The first-order valence-corrected chi connectivity index (χ1v) is 10.00. The van der Waals surface area contributed by atoms with E-state index >= 15 is 0 Å². The zero-order chi connectivity index (χ0) is 22.2. The molecule has 29 heavy (non-hydrogen) atoms. The normalized spacial score (nSPS) is 15.2. The second-order valence-electron chi connectivity index (χ2n) is 8.03. The highest BCUT2D eigenvalue weighted by atomic mass is 16.6. The maximum atomic E-state index is 12.6. The minimum absolute atomic E-state index is 0.255. The number of carbonyl (C=O) groups is 3. The Morgan fingerprint density at radius 2 is 1.79 bits per heavy atom. The van der Waals surface area contributed by atoms with Gasteiger partial charge in [-0.2, -0.15) is 0 Å². The van der Waals surface area contributed by atoms with Crippen LogP contribution in [0.5, 0.6) is 0 Å². The van der Waals surface area contributed by atoms with Gasteiger partial charge in [0.05, 0.1) is 0 Å². The van der Waals surface area contributed by atoms with Gasteiger partial charge in [0.15, 0.2) is 0 Å². The maximum Gasteiger partial charge on any atom is 0.410 e. The maximum absolute atomic E-state index is 12.6. The van der Waals surface area contributed by atoms with E-state index < -0.39 is 11.7 Å². The molecule has 0 saturated carbocycles. The van der Waals surface area contributed by atoms with Crippen LogP contribution in [0, 0.1) is 0 Å². The SMILES string of the molecule is C=C(/C=C\C)CCN(CCCN1C(=O)C(C)=C(/C=C\C)C1=O)C(=O)OC(C)(C)C. The fourth-order valence-electron chi connectivity index (χ4n) is 2.92. The number of amides is 3. The second-order valence-corrected chi connectivity index (χ2v) is 8.03. The first-order valence-electron chi connectivity index (χ1n) is 10.00. The molecule has 0 bridgehead atoms. The number of ether oxygens (including phenoxy) is 1. The smallest absolute Gasteiger partial charge is 0.410 e. The van der Waals surface area contributed by atoms with Crippen molar-refractivity contribution >= 4 is 17.9 Å². The summed E-state index contributed by atoms with van der Waals surface area (Å²) in [6.45, 7) is 15.9. The number of hydrogen-bond acceptors (Lipinski definition) is 4. The van der Waals surface area contributed by atoms with Crippen LogP contribution >= 0.6 is 0 Å². The molecule has 0 fully saturated rings. The summed E-state index contributed by atoms with van der Waals surface area (Å²) in [5.74, 6) is -0.552. The number of nitrogens with zero attached hydrogens (tertiary/aromatic N) is 2. The third kappa shape index (κ3) is 7.37. The van der Waals surface area contributed by atoms with Crippen molar-refractivity contribution in [3.05, 3.63) is 47.6 Å². The van der Waals surface area contributed by atoms with E-state index in [9.17, 15) is 14.4 Å². The molecule has 1 aliphatic heterocycles. The van der Waals surface area contributed by atoms with Gasteiger partial charge >= 0.3 is 6.09 Å². The van der Waals surface area contributed by atoms with Gasteiger partial charge in [-0.3, -0.25) is 14.5 Å². The summed E-state index contributed by atoms with van der Waals surface area (Å²) in [7, 11) is 0. The lowest BCUT2D eigenvalue weighted by Crippen LogP contribution is -2.40. The predicted molar refractivity (Wildman–Crippen MR) is 115 cm³/mol. The molecule has 6 heteroatoms. The molecule has 0 atom stereocenters. The van der Waals surface area contributed by atoms with Gasteiger partial charge in [0.1, 0.15) is 5.60 Å². The number of hydrogen-bond donors (Lipinski definition) is 0. The average molecular weight is 403 g/mol. The number of rotatable bonds is 9. The zero-order valence-electron chi connectivity index (χ0n) is 18.6. The van der Waals surface area contributed by atoms with Crippen LogP contribution in [0.4, 0.5) is 4.79 Å². The van der Waals surface area contributed by atoms with E-state index in [1.807, 2.05) is 39.8 Å². The minimum atomic E-state index is -0.598. The highest BCUT2D eigenvalue weighted by Crippen LogP contribution is 2.22. The molecule has 0 radical (unpaired) electrons.